The van der Waals surface area contributed by atoms with Crippen molar-refractivity contribution in [3.63, 3.8) is 0 Å². The van der Waals surface area contributed by atoms with Crippen LogP contribution >= 0.6 is 0 Å². The van der Waals surface area contributed by atoms with Crippen molar-refractivity contribution >= 4 is 0 Å². The molecule has 0 aromatic carbocycles. The van der Waals surface area contributed by atoms with Crippen LogP contribution in [0.1, 0.15) is 97.1 Å². The number of pyridine rings is 1. The van der Waals surface area contributed by atoms with Crippen molar-refractivity contribution < 1.29 is 0 Å². The normalized spacial score (nSPS) is 14.0. The average Bonchev–Trinajstić information content (AvgIpc) is 2.52. The Morgan fingerprint density at radius 3 is 1.90 bits per heavy atom. The second kappa shape index (κ2) is 10.8. The molecule has 0 radical (unpaired) electrons. The van der Waals surface area contributed by atoms with Gasteiger partial charge in [0, 0.05) is 17.3 Å². The zero-order valence-corrected chi connectivity index (χ0v) is 14.5. The maximum atomic E-state index is 4.66. The highest BCUT2D eigenvalue weighted by molar-refractivity contribution is 5.15. The average molecular weight is 290 g/mol. The SMILES string of the molecule is CCCCCCCC(C)(CCCCCC)c1ccccn1. The first kappa shape index (κ1) is 18.2. The minimum Gasteiger partial charge on any atom is -0.261 e. The van der Waals surface area contributed by atoms with Gasteiger partial charge in [-0.1, -0.05) is 84.6 Å². The molecule has 1 unspecified atom stereocenters. The largest absolute Gasteiger partial charge is 0.261 e. The first-order valence-corrected chi connectivity index (χ1v) is 9.14. The van der Waals surface area contributed by atoms with E-state index in [4.69, 9.17) is 0 Å². The van der Waals surface area contributed by atoms with Crippen molar-refractivity contribution in [3.05, 3.63) is 30.1 Å². The number of hydrogen-bond acceptors (Lipinski definition) is 1. The number of aromatic nitrogens is 1. The van der Waals surface area contributed by atoms with E-state index in [0.717, 1.165) is 0 Å². The molecular weight excluding hydrogens is 254 g/mol. The molecule has 21 heavy (non-hydrogen) atoms. The van der Waals surface area contributed by atoms with Gasteiger partial charge in [-0.3, -0.25) is 4.98 Å². The molecule has 1 aromatic heterocycles. The molecule has 0 saturated heterocycles. The van der Waals surface area contributed by atoms with Gasteiger partial charge in [-0.15, -0.1) is 0 Å². The summed E-state index contributed by atoms with van der Waals surface area (Å²) in [7, 11) is 0. The molecule has 0 spiro atoms. The van der Waals surface area contributed by atoms with E-state index in [1.807, 2.05) is 12.3 Å². The van der Waals surface area contributed by atoms with Gasteiger partial charge in [-0.2, -0.15) is 0 Å². The molecule has 1 heterocycles. The van der Waals surface area contributed by atoms with Crippen molar-refractivity contribution in [1.82, 2.24) is 4.98 Å². The van der Waals surface area contributed by atoms with E-state index in [9.17, 15) is 0 Å². The summed E-state index contributed by atoms with van der Waals surface area (Å²) in [6, 6.07) is 6.40. The Morgan fingerprint density at radius 1 is 0.810 bits per heavy atom. The third kappa shape index (κ3) is 7.11. The van der Waals surface area contributed by atoms with E-state index in [1.54, 1.807) is 0 Å². The quantitative estimate of drug-likeness (QED) is 0.391. The van der Waals surface area contributed by atoms with Gasteiger partial charge in [0.15, 0.2) is 0 Å². The van der Waals surface area contributed by atoms with Gasteiger partial charge < -0.3 is 0 Å². The molecule has 1 aromatic rings. The molecule has 0 amide bonds. The van der Waals surface area contributed by atoms with Crippen LogP contribution < -0.4 is 0 Å². The monoisotopic (exact) mass is 289 g/mol. The zero-order valence-electron chi connectivity index (χ0n) is 14.5. The Hall–Kier alpha value is -0.850. The Labute approximate surface area is 132 Å². The minimum absolute atomic E-state index is 0.279. The fourth-order valence-corrected chi connectivity index (χ4v) is 3.16. The standard InChI is InChI=1S/C20H35N/c1-4-6-8-10-13-17-20(3,16-12-9-7-5-2)19-15-11-14-18-21-19/h11,14-15,18H,4-10,12-13,16-17H2,1-3H3. The van der Waals surface area contributed by atoms with Crippen molar-refractivity contribution in [2.24, 2.45) is 0 Å². The molecule has 0 N–H and O–H groups in total. The van der Waals surface area contributed by atoms with Crippen LogP contribution in [0.4, 0.5) is 0 Å². The Bertz CT molecular complexity index is 346. The molecular formula is C20H35N. The Balaban J connectivity index is 2.52. The number of unbranched alkanes of at least 4 members (excludes halogenated alkanes) is 7. The lowest BCUT2D eigenvalue weighted by atomic mass is 9.76. The highest BCUT2D eigenvalue weighted by Gasteiger charge is 2.26. The Morgan fingerprint density at radius 2 is 1.38 bits per heavy atom. The van der Waals surface area contributed by atoms with Crippen molar-refractivity contribution in [1.29, 1.82) is 0 Å². The van der Waals surface area contributed by atoms with Crippen LogP contribution in [0.3, 0.4) is 0 Å². The van der Waals surface area contributed by atoms with Crippen LogP contribution in [0, 0.1) is 0 Å². The minimum atomic E-state index is 0.279. The second-order valence-electron chi connectivity index (χ2n) is 6.75. The first-order chi connectivity index (χ1) is 10.2. The summed E-state index contributed by atoms with van der Waals surface area (Å²) >= 11 is 0. The molecule has 0 fully saturated rings. The molecule has 1 heteroatoms. The lowest BCUT2D eigenvalue weighted by Gasteiger charge is -2.29. The molecule has 1 atom stereocenters. The third-order valence-electron chi connectivity index (χ3n) is 4.70. The third-order valence-corrected chi connectivity index (χ3v) is 4.70. The van der Waals surface area contributed by atoms with Crippen molar-refractivity contribution in [3.8, 4) is 0 Å². The van der Waals surface area contributed by atoms with E-state index in [1.165, 1.54) is 76.3 Å². The summed E-state index contributed by atoms with van der Waals surface area (Å²) in [6.07, 6.45) is 16.8. The summed E-state index contributed by atoms with van der Waals surface area (Å²) in [5.74, 6) is 0. The van der Waals surface area contributed by atoms with Gasteiger partial charge in [-0.05, 0) is 25.0 Å². The van der Waals surface area contributed by atoms with Crippen LogP contribution in [0.2, 0.25) is 0 Å². The number of hydrogen-bond donors (Lipinski definition) is 0. The molecule has 0 saturated carbocycles. The van der Waals surface area contributed by atoms with Gasteiger partial charge >= 0.3 is 0 Å². The molecule has 120 valence electrons. The van der Waals surface area contributed by atoms with Crippen LogP contribution in [0.15, 0.2) is 24.4 Å². The highest BCUT2D eigenvalue weighted by Crippen LogP contribution is 2.34. The smallest absolute Gasteiger partial charge is 0.0462 e. The van der Waals surface area contributed by atoms with E-state index in [2.05, 4.69) is 37.9 Å². The molecule has 0 bridgehead atoms. The van der Waals surface area contributed by atoms with Crippen LogP contribution in [0.5, 0.6) is 0 Å². The van der Waals surface area contributed by atoms with Gasteiger partial charge in [0.05, 0.1) is 0 Å². The predicted molar refractivity (Wildman–Crippen MR) is 93.7 cm³/mol. The molecule has 0 aliphatic rings. The predicted octanol–water partition coefficient (Wildman–Crippen LogP) is 6.67. The molecule has 0 aliphatic heterocycles. The maximum Gasteiger partial charge on any atom is 0.0462 e. The molecule has 1 rings (SSSR count). The number of nitrogens with zero attached hydrogens (tertiary/aromatic N) is 1. The highest BCUT2D eigenvalue weighted by atomic mass is 14.7. The Kier molecular flexibility index (Phi) is 9.37. The van der Waals surface area contributed by atoms with Crippen molar-refractivity contribution in [2.75, 3.05) is 0 Å². The summed E-state index contributed by atoms with van der Waals surface area (Å²) in [4.78, 5) is 4.66. The topological polar surface area (TPSA) is 12.9 Å². The fourth-order valence-electron chi connectivity index (χ4n) is 3.16. The first-order valence-electron chi connectivity index (χ1n) is 9.14. The van der Waals surface area contributed by atoms with Gasteiger partial charge in [0.1, 0.15) is 0 Å². The lowest BCUT2D eigenvalue weighted by Crippen LogP contribution is -2.23. The van der Waals surface area contributed by atoms with Crippen molar-refractivity contribution in [2.45, 2.75) is 96.8 Å². The second-order valence-corrected chi connectivity index (χ2v) is 6.75. The summed E-state index contributed by atoms with van der Waals surface area (Å²) in [5, 5.41) is 0. The van der Waals surface area contributed by atoms with Gasteiger partial charge in [0.2, 0.25) is 0 Å². The molecule has 1 nitrogen and oxygen atoms in total. The van der Waals surface area contributed by atoms with E-state index in [0.29, 0.717) is 0 Å². The van der Waals surface area contributed by atoms with E-state index in [-0.39, 0.29) is 5.41 Å². The van der Waals surface area contributed by atoms with Gasteiger partial charge in [0.25, 0.3) is 0 Å². The molecule has 0 aliphatic carbocycles. The fraction of sp³-hybridized carbons (Fsp3) is 0.750. The van der Waals surface area contributed by atoms with Crippen LogP contribution in [0.25, 0.3) is 0 Å². The summed E-state index contributed by atoms with van der Waals surface area (Å²) in [5.41, 5.74) is 1.58. The maximum absolute atomic E-state index is 4.66. The van der Waals surface area contributed by atoms with E-state index < -0.39 is 0 Å². The number of rotatable bonds is 12. The lowest BCUT2D eigenvalue weighted by molar-refractivity contribution is 0.355. The van der Waals surface area contributed by atoms with Crippen LogP contribution in [-0.2, 0) is 5.41 Å². The van der Waals surface area contributed by atoms with E-state index >= 15 is 0 Å². The summed E-state index contributed by atoms with van der Waals surface area (Å²) in [6.45, 7) is 7.00. The van der Waals surface area contributed by atoms with Gasteiger partial charge in [-0.25, -0.2) is 0 Å². The van der Waals surface area contributed by atoms with Crippen LogP contribution in [-0.4, -0.2) is 4.98 Å². The summed E-state index contributed by atoms with van der Waals surface area (Å²) < 4.78 is 0. The zero-order chi connectivity index (χ0) is 15.4.